The maximum Gasteiger partial charge on any atom is 0.223 e. The van der Waals surface area contributed by atoms with Crippen LogP contribution in [-0.2, 0) is 4.79 Å². The number of carbonyl (C=O) groups is 1. The highest BCUT2D eigenvalue weighted by molar-refractivity contribution is 8.00. The molecule has 0 spiro atoms. The number of benzene rings is 2. The normalized spacial score (nSPS) is 15.5. The fourth-order valence-corrected chi connectivity index (χ4v) is 3.32. The van der Waals surface area contributed by atoms with E-state index in [4.69, 9.17) is 0 Å². The molecule has 0 saturated heterocycles. The standard InChI is InChI=1S/C17H18N2OS.C2H6/c1-12-11-19(13(2)20)17-9-8-15(10-16(12)17)21-18-14-6-4-3-5-7-14;1-2/h3-10,12,18H,11H2,1-2H3;1-2H3. The lowest BCUT2D eigenvalue weighted by Gasteiger charge is -2.15. The number of hydrogen-bond acceptors (Lipinski definition) is 3. The number of nitrogens with zero attached hydrogens (tertiary/aromatic N) is 1. The second kappa shape index (κ2) is 8.06. The Morgan fingerprint density at radius 3 is 2.52 bits per heavy atom. The molecule has 1 atom stereocenters. The molecule has 122 valence electrons. The third-order valence-corrected chi connectivity index (χ3v) is 4.55. The van der Waals surface area contributed by atoms with Gasteiger partial charge in [-0.05, 0) is 47.8 Å². The zero-order valence-corrected chi connectivity index (χ0v) is 15.0. The minimum absolute atomic E-state index is 0.114. The van der Waals surface area contributed by atoms with Crippen LogP contribution >= 0.6 is 11.9 Å². The molecule has 0 fully saturated rings. The fraction of sp³-hybridized carbons (Fsp3) is 0.316. The third-order valence-electron chi connectivity index (χ3n) is 3.72. The van der Waals surface area contributed by atoms with E-state index in [0.717, 1.165) is 22.8 Å². The minimum Gasteiger partial charge on any atom is -0.326 e. The van der Waals surface area contributed by atoms with Gasteiger partial charge in [0.2, 0.25) is 5.91 Å². The van der Waals surface area contributed by atoms with Crippen LogP contribution in [-0.4, -0.2) is 12.5 Å². The Kier molecular flexibility index (Phi) is 6.11. The molecule has 3 rings (SSSR count). The van der Waals surface area contributed by atoms with Crippen molar-refractivity contribution in [1.29, 1.82) is 0 Å². The zero-order valence-electron chi connectivity index (χ0n) is 14.2. The van der Waals surface area contributed by atoms with Crippen molar-refractivity contribution in [2.24, 2.45) is 0 Å². The predicted molar refractivity (Wildman–Crippen MR) is 100 cm³/mol. The predicted octanol–water partition coefficient (Wildman–Crippen LogP) is 5.30. The van der Waals surface area contributed by atoms with Crippen molar-refractivity contribution >= 4 is 29.2 Å². The lowest BCUT2D eigenvalue weighted by molar-refractivity contribution is -0.116. The summed E-state index contributed by atoms with van der Waals surface area (Å²) in [5.41, 5.74) is 3.39. The van der Waals surface area contributed by atoms with Crippen LogP contribution in [0.2, 0.25) is 0 Å². The van der Waals surface area contributed by atoms with Crippen LogP contribution in [0.15, 0.2) is 53.4 Å². The van der Waals surface area contributed by atoms with E-state index in [2.05, 4.69) is 29.8 Å². The van der Waals surface area contributed by atoms with Gasteiger partial charge in [-0.15, -0.1) is 0 Å². The summed E-state index contributed by atoms with van der Waals surface area (Å²) in [6.45, 7) is 8.58. The van der Waals surface area contributed by atoms with Gasteiger partial charge in [-0.2, -0.15) is 0 Å². The lowest BCUT2D eigenvalue weighted by Crippen LogP contribution is -2.26. The SMILES string of the molecule is CC.CC(=O)N1CC(C)c2cc(SNc3ccccc3)ccc21. The van der Waals surface area contributed by atoms with Gasteiger partial charge in [0.05, 0.1) is 0 Å². The number of rotatable bonds is 3. The Hall–Kier alpha value is -1.94. The molecule has 1 aliphatic heterocycles. The number of fused-ring (bicyclic) bond motifs is 1. The van der Waals surface area contributed by atoms with E-state index in [1.807, 2.05) is 49.1 Å². The molecule has 0 aliphatic carbocycles. The molecule has 1 aliphatic rings. The first-order valence-electron chi connectivity index (χ1n) is 8.05. The summed E-state index contributed by atoms with van der Waals surface area (Å²) in [6.07, 6.45) is 0. The first kappa shape index (κ1) is 17.4. The smallest absolute Gasteiger partial charge is 0.223 e. The Balaban J connectivity index is 0.000000924. The molecular formula is C19H24N2OS. The average molecular weight is 328 g/mol. The Morgan fingerprint density at radius 1 is 1.17 bits per heavy atom. The molecule has 2 aromatic rings. The summed E-state index contributed by atoms with van der Waals surface area (Å²) in [5.74, 6) is 0.504. The number of anilines is 2. The van der Waals surface area contributed by atoms with Gasteiger partial charge >= 0.3 is 0 Å². The zero-order chi connectivity index (χ0) is 16.8. The molecule has 2 aromatic carbocycles. The van der Waals surface area contributed by atoms with Gasteiger partial charge in [-0.1, -0.05) is 39.0 Å². The van der Waals surface area contributed by atoms with E-state index >= 15 is 0 Å². The Morgan fingerprint density at radius 2 is 1.87 bits per heavy atom. The minimum atomic E-state index is 0.114. The van der Waals surface area contributed by atoms with E-state index in [-0.39, 0.29) is 5.91 Å². The molecule has 1 amide bonds. The third kappa shape index (κ3) is 4.08. The van der Waals surface area contributed by atoms with Gasteiger partial charge in [0.1, 0.15) is 0 Å². The second-order valence-electron chi connectivity index (χ2n) is 5.32. The molecule has 1 N–H and O–H groups in total. The highest BCUT2D eigenvalue weighted by Gasteiger charge is 2.28. The monoisotopic (exact) mass is 328 g/mol. The maximum atomic E-state index is 11.7. The average Bonchev–Trinajstić information content (AvgIpc) is 2.93. The van der Waals surface area contributed by atoms with Crippen molar-refractivity contribution in [3.05, 3.63) is 54.1 Å². The highest BCUT2D eigenvalue weighted by atomic mass is 32.2. The van der Waals surface area contributed by atoms with Crippen LogP contribution in [0.4, 0.5) is 11.4 Å². The van der Waals surface area contributed by atoms with Crippen LogP contribution in [0.5, 0.6) is 0 Å². The topological polar surface area (TPSA) is 32.3 Å². The van der Waals surface area contributed by atoms with Crippen LogP contribution in [0, 0.1) is 0 Å². The van der Waals surface area contributed by atoms with Gasteiger partial charge in [-0.25, -0.2) is 0 Å². The quantitative estimate of drug-likeness (QED) is 0.776. The van der Waals surface area contributed by atoms with Crippen molar-refractivity contribution in [3.63, 3.8) is 0 Å². The number of carbonyl (C=O) groups excluding carboxylic acids is 1. The first-order valence-corrected chi connectivity index (χ1v) is 8.87. The first-order chi connectivity index (χ1) is 11.1. The van der Waals surface area contributed by atoms with E-state index in [1.54, 1.807) is 18.9 Å². The molecule has 0 bridgehead atoms. The van der Waals surface area contributed by atoms with E-state index in [0.29, 0.717) is 5.92 Å². The highest BCUT2D eigenvalue weighted by Crippen LogP contribution is 2.38. The van der Waals surface area contributed by atoms with Crippen LogP contribution < -0.4 is 9.62 Å². The summed E-state index contributed by atoms with van der Waals surface area (Å²) in [5, 5.41) is 0. The van der Waals surface area contributed by atoms with Crippen LogP contribution in [0.3, 0.4) is 0 Å². The lowest BCUT2D eigenvalue weighted by atomic mass is 10.0. The molecule has 3 nitrogen and oxygen atoms in total. The molecule has 0 aromatic heterocycles. The molecule has 4 heteroatoms. The molecule has 1 heterocycles. The number of nitrogens with one attached hydrogen (secondary N) is 1. The van der Waals surface area contributed by atoms with Gasteiger partial charge in [0.15, 0.2) is 0 Å². The van der Waals surface area contributed by atoms with Crippen molar-refractivity contribution in [2.75, 3.05) is 16.2 Å². The van der Waals surface area contributed by atoms with Crippen molar-refractivity contribution < 1.29 is 4.79 Å². The molecule has 23 heavy (non-hydrogen) atoms. The largest absolute Gasteiger partial charge is 0.326 e. The van der Waals surface area contributed by atoms with Gasteiger partial charge in [-0.3, -0.25) is 4.79 Å². The molecule has 0 radical (unpaired) electrons. The number of para-hydroxylation sites is 1. The summed E-state index contributed by atoms with van der Waals surface area (Å²) < 4.78 is 3.34. The molecule has 0 saturated carbocycles. The fourth-order valence-electron chi connectivity index (χ4n) is 2.63. The maximum absolute atomic E-state index is 11.7. The summed E-state index contributed by atoms with van der Waals surface area (Å²) >= 11 is 1.60. The Labute approximate surface area is 143 Å². The van der Waals surface area contributed by atoms with Crippen molar-refractivity contribution in [2.45, 2.75) is 38.5 Å². The summed E-state index contributed by atoms with van der Waals surface area (Å²) in [6, 6.07) is 16.4. The van der Waals surface area contributed by atoms with Gasteiger partial charge in [0.25, 0.3) is 0 Å². The van der Waals surface area contributed by atoms with E-state index in [9.17, 15) is 4.79 Å². The Bertz CT molecular complexity index is 658. The van der Waals surface area contributed by atoms with Gasteiger partial charge in [0, 0.05) is 35.7 Å². The van der Waals surface area contributed by atoms with E-state index < -0.39 is 0 Å². The summed E-state index contributed by atoms with van der Waals surface area (Å²) in [4.78, 5) is 14.7. The number of amides is 1. The number of hydrogen-bond donors (Lipinski definition) is 1. The molecule has 1 unspecified atom stereocenters. The van der Waals surface area contributed by atoms with Crippen LogP contribution in [0.25, 0.3) is 0 Å². The van der Waals surface area contributed by atoms with Gasteiger partial charge < -0.3 is 9.62 Å². The van der Waals surface area contributed by atoms with Crippen LogP contribution in [0.1, 0.15) is 39.2 Å². The molecular weight excluding hydrogens is 304 g/mol. The second-order valence-corrected chi connectivity index (χ2v) is 6.20. The summed E-state index contributed by atoms with van der Waals surface area (Å²) in [7, 11) is 0. The van der Waals surface area contributed by atoms with Crippen molar-refractivity contribution in [1.82, 2.24) is 0 Å². The van der Waals surface area contributed by atoms with Crippen molar-refractivity contribution in [3.8, 4) is 0 Å². The van der Waals surface area contributed by atoms with E-state index in [1.165, 1.54) is 5.56 Å².